The molecule has 4 heteroatoms. The molecule has 0 spiro atoms. The van der Waals surface area contributed by atoms with Crippen molar-refractivity contribution in [2.45, 2.75) is 26.7 Å². The van der Waals surface area contributed by atoms with Gasteiger partial charge >= 0.3 is 0 Å². The van der Waals surface area contributed by atoms with Crippen LogP contribution in [0, 0.1) is 18.8 Å². The van der Waals surface area contributed by atoms with Crippen LogP contribution in [0.15, 0.2) is 54.6 Å². The number of benzene rings is 2. The highest BCUT2D eigenvalue weighted by atomic mass is 16.5. The molecule has 1 amide bonds. The highest BCUT2D eigenvalue weighted by Crippen LogP contribution is 2.20. The smallest absolute Gasteiger partial charge is 0.255 e. The number of unbranched alkanes of at least 4 members (excludes halogenated alkanes) is 1. The second-order valence-electron chi connectivity index (χ2n) is 6.22. The van der Waals surface area contributed by atoms with E-state index in [9.17, 15) is 4.79 Å². The zero-order valence-electron chi connectivity index (χ0n) is 15.6. The number of anilines is 1. The minimum Gasteiger partial charge on any atom is -0.493 e. The molecule has 3 aromatic rings. The third kappa shape index (κ3) is 5.08. The van der Waals surface area contributed by atoms with Crippen molar-refractivity contribution in [3.8, 4) is 17.6 Å². The van der Waals surface area contributed by atoms with E-state index in [2.05, 4.69) is 22.1 Å². The quantitative estimate of drug-likeness (QED) is 0.499. The van der Waals surface area contributed by atoms with E-state index in [0.29, 0.717) is 17.9 Å². The Kier molecular flexibility index (Phi) is 6.06. The second kappa shape index (κ2) is 8.86. The largest absolute Gasteiger partial charge is 0.493 e. The third-order valence-corrected chi connectivity index (χ3v) is 4.07. The number of carbonyl (C=O) groups is 1. The third-order valence-electron chi connectivity index (χ3n) is 4.07. The Morgan fingerprint density at radius 1 is 1.15 bits per heavy atom. The number of nitrogens with zero attached hydrogens (tertiary/aromatic N) is 1. The number of pyridine rings is 1. The summed E-state index contributed by atoms with van der Waals surface area (Å²) in [4.78, 5) is 17.0. The molecule has 136 valence electrons. The normalized spacial score (nSPS) is 10.1. The van der Waals surface area contributed by atoms with Crippen LogP contribution in [-0.2, 0) is 0 Å². The number of fused-ring (bicyclic) bond motifs is 1. The molecule has 1 N–H and O–H groups in total. The summed E-state index contributed by atoms with van der Waals surface area (Å²) >= 11 is 0. The number of carbonyl (C=O) groups excluding carboxylic acids is 1. The van der Waals surface area contributed by atoms with Gasteiger partial charge in [-0.15, -0.1) is 11.8 Å². The molecule has 0 bridgehead atoms. The van der Waals surface area contributed by atoms with Gasteiger partial charge in [-0.3, -0.25) is 9.78 Å². The van der Waals surface area contributed by atoms with E-state index >= 15 is 0 Å². The number of ether oxygens (including phenoxy) is 1. The predicted molar refractivity (Wildman–Crippen MR) is 109 cm³/mol. The molecule has 27 heavy (non-hydrogen) atoms. The molecule has 1 aromatic heterocycles. The lowest BCUT2D eigenvalue weighted by atomic mass is 10.1. The van der Waals surface area contributed by atoms with Gasteiger partial charge < -0.3 is 10.1 Å². The van der Waals surface area contributed by atoms with E-state index < -0.39 is 0 Å². The number of aryl methyl sites for hydroxylation is 1. The number of nitrogens with one attached hydrogen (secondary N) is 1. The molecule has 0 radical (unpaired) electrons. The Labute approximate surface area is 159 Å². The van der Waals surface area contributed by atoms with Gasteiger partial charge in [-0.05, 0) is 56.7 Å². The van der Waals surface area contributed by atoms with Crippen LogP contribution in [0.4, 0.5) is 5.69 Å². The first-order valence-corrected chi connectivity index (χ1v) is 8.97. The summed E-state index contributed by atoms with van der Waals surface area (Å²) in [5.74, 6) is 6.46. The molecule has 0 aliphatic carbocycles. The fourth-order valence-electron chi connectivity index (χ4n) is 2.71. The zero-order chi connectivity index (χ0) is 19.1. The van der Waals surface area contributed by atoms with Crippen LogP contribution in [0.5, 0.6) is 5.75 Å². The van der Waals surface area contributed by atoms with Gasteiger partial charge in [-0.1, -0.05) is 12.1 Å². The van der Waals surface area contributed by atoms with Crippen molar-refractivity contribution in [1.82, 2.24) is 4.98 Å². The molecule has 0 atom stereocenters. The van der Waals surface area contributed by atoms with Gasteiger partial charge in [0.2, 0.25) is 0 Å². The highest BCUT2D eigenvalue weighted by molar-refractivity contribution is 6.06. The van der Waals surface area contributed by atoms with Crippen LogP contribution in [0.3, 0.4) is 0 Å². The van der Waals surface area contributed by atoms with E-state index in [1.54, 1.807) is 6.07 Å². The van der Waals surface area contributed by atoms with Crippen LogP contribution in [0.2, 0.25) is 0 Å². The zero-order valence-corrected chi connectivity index (χ0v) is 15.6. The maximum atomic E-state index is 12.6. The SMILES string of the molecule is CC#CCCCOc1cccc(NC(=O)c2ccc3nc(C)ccc3c2)c1. The van der Waals surface area contributed by atoms with Crippen LogP contribution < -0.4 is 10.1 Å². The first-order valence-electron chi connectivity index (χ1n) is 8.97. The van der Waals surface area contributed by atoms with E-state index in [1.807, 2.05) is 62.4 Å². The van der Waals surface area contributed by atoms with Gasteiger partial charge in [0.1, 0.15) is 5.75 Å². The minimum atomic E-state index is -0.159. The van der Waals surface area contributed by atoms with E-state index in [0.717, 1.165) is 35.2 Å². The standard InChI is InChI=1S/C23H22N2O2/c1-3-4-5-6-14-27-21-9-7-8-20(16-21)25-23(26)19-12-13-22-18(15-19)11-10-17(2)24-22/h7-13,15-16H,5-6,14H2,1-2H3,(H,25,26). The Morgan fingerprint density at radius 2 is 2.04 bits per heavy atom. The minimum absolute atomic E-state index is 0.159. The molecule has 0 aliphatic rings. The van der Waals surface area contributed by atoms with E-state index in [4.69, 9.17) is 4.74 Å². The predicted octanol–water partition coefficient (Wildman–Crippen LogP) is 4.98. The summed E-state index contributed by atoms with van der Waals surface area (Å²) < 4.78 is 5.72. The van der Waals surface area contributed by atoms with E-state index in [-0.39, 0.29) is 5.91 Å². The molecular weight excluding hydrogens is 336 g/mol. The topological polar surface area (TPSA) is 51.2 Å². The molecular formula is C23H22N2O2. The summed E-state index contributed by atoms with van der Waals surface area (Å²) in [7, 11) is 0. The van der Waals surface area contributed by atoms with Crippen molar-refractivity contribution in [2.75, 3.05) is 11.9 Å². The lowest BCUT2D eigenvalue weighted by molar-refractivity contribution is 0.102. The van der Waals surface area contributed by atoms with Crippen LogP contribution in [0.25, 0.3) is 10.9 Å². The fourth-order valence-corrected chi connectivity index (χ4v) is 2.71. The first kappa shape index (κ1) is 18.5. The highest BCUT2D eigenvalue weighted by Gasteiger charge is 2.08. The molecule has 0 fully saturated rings. The summed E-state index contributed by atoms with van der Waals surface area (Å²) in [6, 6.07) is 16.9. The van der Waals surface area contributed by atoms with Gasteiger partial charge in [0.25, 0.3) is 5.91 Å². The van der Waals surface area contributed by atoms with Crippen molar-refractivity contribution < 1.29 is 9.53 Å². The second-order valence-corrected chi connectivity index (χ2v) is 6.22. The number of amides is 1. The molecule has 2 aromatic carbocycles. The lowest BCUT2D eigenvalue weighted by Crippen LogP contribution is -2.12. The van der Waals surface area contributed by atoms with Gasteiger partial charge in [-0.25, -0.2) is 0 Å². The van der Waals surface area contributed by atoms with Gasteiger partial charge in [-0.2, -0.15) is 0 Å². The van der Waals surface area contributed by atoms with Crippen molar-refractivity contribution in [3.63, 3.8) is 0 Å². The fraction of sp³-hybridized carbons (Fsp3) is 0.217. The molecule has 3 rings (SSSR count). The Bertz CT molecular complexity index is 1020. The molecule has 0 saturated carbocycles. The summed E-state index contributed by atoms with van der Waals surface area (Å²) in [5, 5.41) is 3.87. The van der Waals surface area contributed by atoms with Crippen LogP contribution >= 0.6 is 0 Å². The number of aromatic nitrogens is 1. The van der Waals surface area contributed by atoms with E-state index in [1.165, 1.54) is 0 Å². The van der Waals surface area contributed by atoms with Crippen molar-refractivity contribution in [1.29, 1.82) is 0 Å². The number of hydrogen-bond donors (Lipinski definition) is 1. The maximum Gasteiger partial charge on any atom is 0.255 e. The molecule has 0 saturated heterocycles. The monoisotopic (exact) mass is 358 g/mol. The maximum absolute atomic E-state index is 12.6. The summed E-state index contributed by atoms with van der Waals surface area (Å²) in [5.41, 5.74) is 3.14. The number of rotatable bonds is 6. The molecule has 1 heterocycles. The molecule has 0 unspecified atom stereocenters. The van der Waals surface area contributed by atoms with Gasteiger partial charge in [0.15, 0.2) is 0 Å². The first-order chi connectivity index (χ1) is 13.2. The Morgan fingerprint density at radius 3 is 2.89 bits per heavy atom. The van der Waals surface area contributed by atoms with Crippen molar-refractivity contribution in [3.05, 3.63) is 65.9 Å². The van der Waals surface area contributed by atoms with Crippen molar-refractivity contribution in [2.24, 2.45) is 0 Å². The Balaban J connectivity index is 1.65. The van der Waals surface area contributed by atoms with Crippen LogP contribution in [-0.4, -0.2) is 17.5 Å². The van der Waals surface area contributed by atoms with Crippen LogP contribution in [0.1, 0.15) is 35.8 Å². The summed E-state index contributed by atoms with van der Waals surface area (Å²) in [6.45, 7) is 4.38. The Hall–Kier alpha value is -3.32. The molecule has 0 aliphatic heterocycles. The summed E-state index contributed by atoms with van der Waals surface area (Å²) in [6.07, 6.45) is 1.70. The van der Waals surface area contributed by atoms with Gasteiger partial charge in [0, 0.05) is 34.8 Å². The number of hydrogen-bond acceptors (Lipinski definition) is 3. The average Bonchev–Trinajstić information content (AvgIpc) is 2.67. The average molecular weight is 358 g/mol. The lowest BCUT2D eigenvalue weighted by Gasteiger charge is -2.09. The molecule has 4 nitrogen and oxygen atoms in total. The van der Waals surface area contributed by atoms with Gasteiger partial charge in [0.05, 0.1) is 12.1 Å². The van der Waals surface area contributed by atoms with Crippen molar-refractivity contribution >= 4 is 22.5 Å².